The highest BCUT2D eigenvalue weighted by Crippen LogP contribution is 2.38. The van der Waals surface area contributed by atoms with Crippen molar-refractivity contribution in [3.8, 4) is 11.3 Å². The number of aryl methyl sites for hydroxylation is 1. The lowest BCUT2D eigenvalue weighted by Crippen LogP contribution is -2.16. The lowest BCUT2D eigenvalue weighted by Gasteiger charge is -2.19. The molecule has 1 fully saturated rings. The van der Waals surface area contributed by atoms with Crippen molar-refractivity contribution >= 4 is 34.0 Å². The molecular formula is C22H19ClF3N5OS. The molecular weight excluding hydrogens is 475 g/mol. The number of hydrogen-bond donors (Lipinski definition) is 1. The number of benzene rings is 1. The van der Waals surface area contributed by atoms with Gasteiger partial charge in [-0.25, -0.2) is 15.0 Å². The molecule has 1 saturated heterocycles. The van der Waals surface area contributed by atoms with Gasteiger partial charge in [-0.15, -0.1) is 0 Å². The van der Waals surface area contributed by atoms with Crippen LogP contribution in [0.4, 0.5) is 18.3 Å². The average Bonchev–Trinajstić information content (AvgIpc) is 3.33. The molecule has 0 radical (unpaired) electrons. The predicted molar refractivity (Wildman–Crippen MR) is 121 cm³/mol. The van der Waals surface area contributed by atoms with Gasteiger partial charge in [0.05, 0.1) is 35.1 Å². The Morgan fingerprint density at radius 3 is 2.70 bits per heavy atom. The minimum absolute atomic E-state index is 0.0422. The van der Waals surface area contributed by atoms with E-state index in [9.17, 15) is 18.0 Å². The summed E-state index contributed by atoms with van der Waals surface area (Å²) in [6.07, 6.45) is -0.161. The van der Waals surface area contributed by atoms with Crippen LogP contribution in [0.3, 0.4) is 0 Å². The summed E-state index contributed by atoms with van der Waals surface area (Å²) >= 11 is 6.92. The fourth-order valence-corrected chi connectivity index (χ4v) is 4.66. The minimum atomic E-state index is -4.48. The van der Waals surface area contributed by atoms with E-state index >= 15 is 0 Å². The van der Waals surface area contributed by atoms with Gasteiger partial charge in [0.15, 0.2) is 5.13 Å². The molecule has 3 aromatic rings. The van der Waals surface area contributed by atoms with Crippen LogP contribution < -0.4 is 5.32 Å². The predicted octanol–water partition coefficient (Wildman–Crippen LogP) is 5.94. The molecule has 3 heterocycles. The fraction of sp³-hybridized carbons (Fsp3) is 0.273. The van der Waals surface area contributed by atoms with Gasteiger partial charge in [0.1, 0.15) is 10.8 Å². The Balaban J connectivity index is 1.71. The highest BCUT2D eigenvalue weighted by molar-refractivity contribution is 7.16. The van der Waals surface area contributed by atoms with Crippen molar-refractivity contribution in [1.82, 2.24) is 19.9 Å². The molecule has 1 aromatic carbocycles. The Labute approximate surface area is 197 Å². The van der Waals surface area contributed by atoms with Crippen molar-refractivity contribution in [2.24, 2.45) is 0 Å². The molecule has 172 valence electrons. The SMILES string of the molecule is C=C1CCCN1Cc1sc(NC(=O)c2cnc(Cl)cn2)nc1-c1cc(C)cc(C(F)(F)F)c1. The number of rotatable bonds is 5. The van der Waals surface area contributed by atoms with Gasteiger partial charge < -0.3 is 4.90 Å². The first-order valence-corrected chi connectivity index (χ1v) is 11.2. The van der Waals surface area contributed by atoms with Crippen LogP contribution in [0.1, 0.15) is 39.3 Å². The van der Waals surface area contributed by atoms with Gasteiger partial charge in [-0.2, -0.15) is 13.2 Å². The zero-order chi connectivity index (χ0) is 23.8. The van der Waals surface area contributed by atoms with Crippen LogP contribution >= 0.6 is 22.9 Å². The lowest BCUT2D eigenvalue weighted by molar-refractivity contribution is -0.137. The second kappa shape index (κ2) is 9.11. The molecule has 0 aliphatic carbocycles. The number of alkyl halides is 3. The van der Waals surface area contributed by atoms with E-state index in [-0.39, 0.29) is 16.0 Å². The number of halogens is 4. The molecule has 0 bridgehead atoms. The number of likely N-dealkylation sites (tertiary alicyclic amines) is 1. The van der Waals surface area contributed by atoms with E-state index in [1.54, 1.807) is 13.0 Å². The summed E-state index contributed by atoms with van der Waals surface area (Å²) in [6, 6.07) is 3.84. The van der Waals surface area contributed by atoms with E-state index in [1.807, 2.05) is 0 Å². The second-order valence-corrected chi connectivity index (χ2v) is 9.12. The molecule has 1 amide bonds. The molecule has 6 nitrogen and oxygen atoms in total. The molecule has 4 rings (SSSR count). The number of nitrogens with zero attached hydrogens (tertiary/aromatic N) is 4. The third kappa shape index (κ3) is 5.33. The Morgan fingerprint density at radius 2 is 2.06 bits per heavy atom. The number of carbonyl (C=O) groups is 1. The van der Waals surface area contributed by atoms with Crippen molar-refractivity contribution in [2.45, 2.75) is 32.5 Å². The van der Waals surface area contributed by atoms with Crippen molar-refractivity contribution in [3.05, 3.63) is 69.7 Å². The van der Waals surface area contributed by atoms with E-state index < -0.39 is 17.6 Å². The van der Waals surface area contributed by atoms with Crippen molar-refractivity contribution in [2.75, 3.05) is 11.9 Å². The van der Waals surface area contributed by atoms with Gasteiger partial charge in [-0.05, 0) is 43.5 Å². The maximum atomic E-state index is 13.4. The zero-order valence-electron chi connectivity index (χ0n) is 17.5. The van der Waals surface area contributed by atoms with Crippen LogP contribution in [0.5, 0.6) is 0 Å². The number of hydrogen-bond acceptors (Lipinski definition) is 6. The Morgan fingerprint density at radius 1 is 1.27 bits per heavy atom. The van der Waals surface area contributed by atoms with Gasteiger partial charge in [0.25, 0.3) is 5.91 Å². The standard InChI is InChI=1S/C22H19ClF3N5OS/c1-12-6-14(8-15(7-12)22(24,25)26)19-17(11-31-5-3-4-13(31)2)33-21(29-19)30-20(32)16-9-28-18(23)10-27-16/h6-10H,2-5,11H2,1H3,(H,29,30,32). The molecule has 1 aliphatic heterocycles. The highest BCUT2D eigenvalue weighted by atomic mass is 35.5. The van der Waals surface area contributed by atoms with Crippen LogP contribution in [-0.2, 0) is 12.7 Å². The largest absolute Gasteiger partial charge is 0.416 e. The van der Waals surface area contributed by atoms with Crippen molar-refractivity contribution < 1.29 is 18.0 Å². The van der Waals surface area contributed by atoms with Crippen molar-refractivity contribution in [3.63, 3.8) is 0 Å². The number of aromatic nitrogens is 3. The second-order valence-electron chi connectivity index (χ2n) is 7.65. The number of thiazole rings is 1. The van der Waals surface area contributed by atoms with Gasteiger partial charge in [0, 0.05) is 17.8 Å². The van der Waals surface area contributed by atoms with Gasteiger partial charge in [-0.3, -0.25) is 10.1 Å². The van der Waals surface area contributed by atoms with E-state index in [2.05, 4.69) is 31.7 Å². The highest BCUT2D eigenvalue weighted by Gasteiger charge is 2.32. The topological polar surface area (TPSA) is 71.0 Å². The minimum Gasteiger partial charge on any atom is -0.370 e. The first-order valence-electron chi connectivity index (χ1n) is 10.0. The smallest absolute Gasteiger partial charge is 0.370 e. The van der Waals surface area contributed by atoms with Crippen LogP contribution in [0.2, 0.25) is 5.15 Å². The molecule has 0 unspecified atom stereocenters. The number of nitrogens with one attached hydrogen (secondary N) is 1. The Hall–Kier alpha value is -2.98. The quantitative estimate of drug-likeness (QED) is 0.476. The molecule has 0 saturated carbocycles. The van der Waals surface area contributed by atoms with E-state index in [1.165, 1.54) is 23.7 Å². The van der Waals surface area contributed by atoms with Gasteiger partial charge in [0.2, 0.25) is 0 Å². The maximum Gasteiger partial charge on any atom is 0.416 e. The number of allylic oxidation sites excluding steroid dienone is 1. The van der Waals surface area contributed by atoms with Gasteiger partial charge >= 0.3 is 6.18 Å². The summed E-state index contributed by atoms with van der Waals surface area (Å²) in [5, 5.41) is 3.06. The first kappa shape index (κ1) is 23.2. The lowest BCUT2D eigenvalue weighted by atomic mass is 10.0. The Bertz CT molecular complexity index is 1210. The third-order valence-corrected chi connectivity index (χ3v) is 6.27. The van der Waals surface area contributed by atoms with Crippen molar-refractivity contribution in [1.29, 1.82) is 0 Å². The van der Waals surface area contributed by atoms with Crippen LogP contribution in [0.25, 0.3) is 11.3 Å². The van der Waals surface area contributed by atoms with Gasteiger partial charge in [-0.1, -0.05) is 29.5 Å². The van der Waals surface area contributed by atoms with Crippen LogP contribution in [0.15, 0.2) is 42.9 Å². The van der Waals surface area contributed by atoms with Crippen LogP contribution in [0, 0.1) is 6.92 Å². The number of carbonyl (C=O) groups excluding carboxylic acids is 1. The summed E-state index contributed by atoms with van der Waals surface area (Å²) in [5.74, 6) is -0.545. The summed E-state index contributed by atoms with van der Waals surface area (Å²) in [6.45, 7) is 6.92. The summed E-state index contributed by atoms with van der Waals surface area (Å²) < 4.78 is 40.3. The number of amides is 1. The molecule has 2 aromatic heterocycles. The molecule has 11 heteroatoms. The van der Waals surface area contributed by atoms with E-state index in [4.69, 9.17) is 11.6 Å². The Kier molecular flexibility index (Phi) is 6.40. The molecule has 0 spiro atoms. The molecule has 1 N–H and O–H groups in total. The summed E-state index contributed by atoms with van der Waals surface area (Å²) in [7, 11) is 0. The third-order valence-electron chi connectivity index (χ3n) is 5.12. The fourth-order valence-electron chi connectivity index (χ4n) is 3.57. The molecule has 0 atom stereocenters. The molecule has 1 aliphatic rings. The molecule has 33 heavy (non-hydrogen) atoms. The maximum absolute atomic E-state index is 13.4. The zero-order valence-corrected chi connectivity index (χ0v) is 19.1. The van der Waals surface area contributed by atoms with E-state index in [0.717, 1.165) is 42.1 Å². The monoisotopic (exact) mass is 493 g/mol. The number of anilines is 1. The normalized spacial score (nSPS) is 14.1. The average molecular weight is 494 g/mol. The van der Waals surface area contributed by atoms with Crippen LogP contribution in [-0.4, -0.2) is 32.3 Å². The summed E-state index contributed by atoms with van der Waals surface area (Å²) in [5.41, 5.74) is 1.46. The van der Waals surface area contributed by atoms with E-state index in [0.29, 0.717) is 23.4 Å². The summed E-state index contributed by atoms with van der Waals surface area (Å²) in [4.78, 5) is 27.6. The first-order chi connectivity index (χ1) is 15.6.